The average Bonchev–Trinajstić information content (AvgIpc) is 2.78. The van der Waals surface area contributed by atoms with Gasteiger partial charge in [0.05, 0.1) is 7.11 Å². The van der Waals surface area contributed by atoms with E-state index in [1.807, 2.05) is 16.8 Å². The third-order valence-electron chi connectivity index (χ3n) is 5.96. The Labute approximate surface area is 153 Å². The van der Waals surface area contributed by atoms with E-state index in [4.69, 9.17) is 4.74 Å². The largest absolute Gasteiger partial charge is 0.491 e. The van der Waals surface area contributed by atoms with E-state index in [-0.39, 0.29) is 35.1 Å². The van der Waals surface area contributed by atoms with Gasteiger partial charge in [-0.15, -0.1) is 0 Å². The second kappa shape index (κ2) is 7.51. The molecule has 3 rings (SSSR count). The zero-order valence-electron chi connectivity index (χ0n) is 15.6. The summed E-state index contributed by atoms with van der Waals surface area (Å²) in [5.74, 6) is 0.417. The Morgan fingerprint density at radius 1 is 1.15 bits per heavy atom. The molecule has 0 bridgehead atoms. The number of ether oxygens (including phenoxy) is 1. The number of piperidine rings is 1. The van der Waals surface area contributed by atoms with E-state index in [9.17, 15) is 14.4 Å². The van der Waals surface area contributed by atoms with Gasteiger partial charge in [-0.1, -0.05) is 0 Å². The highest BCUT2D eigenvalue weighted by Gasteiger charge is 2.38. The number of hydrogen-bond acceptors (Lipinski definition) is 4. The van der Waals surface area contributed by atoms with E-state index in [1.54, 1.807) is 18.3 Å². The molecule has 2 aliphatic heterocycles. The van der Waals surface area contributed by atoms with Gasteiger partial charge in [0.2, 0.25) is 11.8 Å². The monoisotopic (exact) mass is 361 g/mol. The Balaban J connectivity index is 1.60. The van der Waals surface area contributed by atoms with Crippen LogP contribution in [-0.2, 0) is 16.1 Å². The molecule has 7 nitrogen and oxygen atoms in total. The maximum atomic E-state index is 12.6. The molecule has 0 saturated carbocycles. The van der Waals surface area contributed by atoms with Crippen molar-refractivity contribution >= 4 is 11.8 Å². The van der Waals surface area contributed by atoms with Gasteiger partial charge >= 0.3 is 0 Å². The fourth-order valence-electron chi connectivity index (χ4n) is 3.99. The Hall–Kier alpha value is -2.31. The molecule has 7 heteroatoms. The first-order chi connectivity index (χ1) is 12.4. The molecule has 1 aromatic rings. The number of pyridine rings is 1. The smallest absolute Gasteiger partial charge is 0.293 e. The van der Waals surface area contributed by atoms with E-state index >= 15 is 0 Å². The van der Waals surface area contributed by atoms with Gasteiger partial charge in [0.15, 0.2) is 5.75 Å². The summed E-state index contributed by atoms with van der Waals surface area (Å²) in [5.41, 5.74) is -0.119. The maximum Gasteiger partial charge on any atom is 0.293 e. The van der Waals surface area contributed by atoms with Crippen LogP contribution in [0.1, 0.15) is 32.1 Å². The number of nitrogens with zero attached hydrogens (tertiary/aromatic N) is 3. The quantitative estimate of drug-likeness (QED) is 0.808. The summed E-state index contributed by atoms with van der Waals surface area (Å²) in [6, 6.07) is 3.30. The second-order valence-corrected chi connectivity index (χ2v) is 7.46. The summed E-state index contributed by atoms with van der Waals surface area (Å²) in [6.07, 6.45) is 5.98. The molecular formula is C19H27N3O4. The molecule has 1 aromatic heterocycles. The van der Waals surface area contributed by atoms with Crippen molar-refractivity contribution in [1.29, 1.82) is 0 Å². The number of carbonyl (C=O) groups is 2. The zero-order valence-corrected chi connectivity index (χ0v) is 15.6. The lowest BCUT2D eigenvalue weighted by Gasteiger charge is -2.41. The zero-order chi connectivity index (χ0) is 18.7. The second-order valence-electron chi connectivity index (χ2n) is 7.46. The minimum absolute atomic E-state index is 0.0320. The number of rotatable bonds is 3. The average molecular weight is 361 g/mol. The summed E-state index contributed by atoms with van der Waals surface area (Å²) in [5, 5.41) is 0. The Morgan fingerprint density at radius 3 is 2.54 bits per heavy atom. The molecule has 0 atom stereocenters. The molecular weight excluding hydrogens is 334 g/mol. The van der Waals surface area contributed by atoms with E-state index < -0.39 is 0 Å². The molecule has 2 fully saturated rings. The molecule has 0 radical (unpaired) electrons. The standard InChI is InChI=1S/C19H27N3O4/c1-20-11-7-19(6-5-16(20)23)8-12-21(13-9-19)17(24)14-22-10-3-4-15(26-2)18(22)25/h3-4,10H,5-9,11-14H2,1-2H3. The number of hydrogen-bond donors (Lipinski definition) is 0. The highest BCUT2D eigenvalue weighted by Crippen LogP contribution is 2.41. The van der Waals surface area contributed by atoms with Gasteiger partial charge in [0.1, 0.15) is 6.54 Å². The number of methoxy groups -OCH3 is 1. The summed E-state index contributed by atoms with van der Waals surface area (Å²) >= 11 is 0. The van der Waals surface area contributed by atoms with Gasteiger partial charge in [0.25, 0.3) is 5.56 Å². The van der Waals surface area contributed by atoms with Crippen molar-refractivity contribution in [1.82, 2.24) is 14.4 Å². The van der Waals surface area contributed by atoms with Crippen LogP contribution in [0.4, 0.5) is 0 Å². The van der Waals surface area contributed by atoms with E-state index in [1.165, 1.54) is 11.7 Å². The van der Waals surface area contributed by atoms with Gasteiger partial charge in [-0.25, -0.2) is 0 Å². The van der Waals surface area contributed by atoms with Gasteiger partial charge in [0, 0.05) is 39.3 Å². The van der Waals surface area contributed by atoms with Crippen molar-refractivity contribution in [3.05, 3.63) is 28.7 Å². The highest BCUT2D eigenvalue weighted by molar-refractivity contribution is 5.77. The predicted octanol–water partition coefficient (Wildman–Crippen LogP) is 1.11. The van der Waals surface area contributed by atoms with Crippen molar-refractivity contribution in [2.24, 2.45) is 5.41 Å². The molecule has 0 N–H and O–H groups in total. The molecule has 26 heavy (non-hydrogen) atoms. The van der Waals surface area contributed by atoms with Crippen molar-refractivity contribution in [3.63, 3.8) is 0 Å². The van der Waals surface area contributed by atoms with Crippen LogP contribution in [0, 0.1) is 5.41 Å². The molecule has 3 heterocycles. The molecule has 142 valence electrons. The van der Waals surface area contributed by atoms with Crippen molar-refractivity contribution in [3.8, 4) is 5.75 Å². The van der Waals surface area contributed by atoms with Crippen LogP contribution in [0.3, 0.4) is 0 Å². The van der Waals surface area contributed by atoms with Gasteiger partial charge in [-0.2, -0.15) is 0 Å². The fraction of sp³-hybridized carbons (Fsp3) is 0.632. The molecule has 2 aliphatic rings. The van der Waals surface area contributed by atoms with Crippen LogP contribution in [0.2, 0.25) is 0 Å². The first-order valence-corrected chi connectivity index (χ1v) is 9.19. The van der Waals surface area contributed by atoms with Crippen LogP contribution in [0.15, 0.2) is 23.1 Å². The number of aromatic nitrogens is 1. The van der Waals surface area contributed by atoms with Gasteiger partial charge in [-0.3, -0.25) is 14.4 Å². The van der Waals surface area contributed by atoms with Gasteiger partial charge in [-0.05, 0) is 43.2 Å². The molecule has 2 amide bonds. The first kappa shape index (κ1) is 18.5. The van der Waals surface area contributed by atoms with Crippen LogP contribution < -0.4 is 10.3 Å². The molecule has 0 unspecified atom stereocenters. The lowest BCUT2D eigenvalue weighted by atomic mass is 9.73. The highest BCUT2D eigenvalue weighted by atomic mass is 16.5. The van der Waals surface area contributed by atoms with Crippen molar-refractivity contribution in [2.75, 3.05) is 33.8 Å². The van der Waals surface area contributed by atoms with Crippen LogP contribution >= 0.6 is 0 Å². The Morgan fingerprint density at radius 2 is 1.85 bits per heavy atom. The van der Waals surface area contributed by atoms with Crippen molar-refractivity contribution in [2.45, 2.75) is 38.6 Å². The van der Waals surface area contributed by atoms with Crippen molar-refractivity contribution < 1.29 is 14.3 Å². The molecule has 0 aromatic carbocycles. The number of carbonyl (C=O) groups excluding carboxylic acids is 2. The minimum atomic E-state index is -0.290. The molecule has 1 spiro atoms. The summed E-state index contributed by atoms with van der Waals surface area (Å²) in [6.45, 7) is 2.21. The van der Waals surface area contributed by atoms with Crippen LogP contribution in [0.25, 0.3) is 0 Å². The lowest BCUT2D eigenvalue weighted by Crippen LogP contribution is -2.45. The number of amides is 2. The van der Waals surface area contributed by atoms with Crippen LogP contribution in [-0.4, -0.2) is 60.0 Å². The van der Waals surface area contributed by atoms with E-state index in [0.717, 1.165) is 32.2 Å². The third kappa shape index (κ3) is 3.76. The summed E-state index contributed by atoms with van der Waals surface area (Å²) < 4.78 is 6.42. The molecule has 0 aliphatic carbocycles. The van der Waals surface area contributed by atoms with Crippen LogP contribution in [0.5, 0.6) is 5.75 Å². The first-order valence-electron chi connectivity index (χ1n) is 9.19. The predicted molar refractivity (Wildman–Crippen MR) is 97.0 cm³/mol. The maximum absolute atomic E-state index is 12.6. The molecule has 2 saturated heterocycles. The minimum Gasteiger partial charge on any atom is -0.491 e. The fourth-order valence-corrected chi connectivity index (χ4v) is 3.99. The number of likely N-dealkylation sites (tertiary alicyclic amines) is 2. The van der Waals surface area contributed by atoms with E-state index in [0.29, 0.717) is 19.5 Å². The summed E-state index contributed by atoms with van der Waals surface area (Å²) in [7, 11) is 3.31. The Kier molecular flexibility index (Phi) is 5.34. The lowest BCUT2D eigenvalue weighted by molar-refractivity contribution is -0.134. The normalized spacial score (nSPS) is 20.2. The Bertz CT molecular complexity index is 735. The SMILES string of the molecule is COc1cccn(CC(=O)N2CCC3(CCC(=O)N(C)CC3)CC2)c1=O. The topological polar surface area (TPSA) is 71.8 Å². The van der Waals surface area contributed by atoms with E-state index in [2.05, 4.69) is 0 Å². The summed E-state index contributed by atoms with van der Waals surface area (Å²) in [4.78, 5) is 40.4. The third-order valence-corrected chi connectivity index (χ3v) is 5.96. The van der Waals surface area contributed by atoms with Gasteiger partial charge < -0.3 is 19.1 Å².